The van der Waals surface area contributed by atoms with Crippen molar-refractivity contribution in [2.45, 2.75) is 0 Å². The summed E-state index contributed by atoms with van der Waals surface area (Å²) in [4.78, 5) is 0. The quantitative estimate of drug-likeness (QED) is 0.308. The second-order valence-corrected chi connectivity index (χ2v) is 7.08. The van der Waals surface area contributed by atoms with E-state index in [1.54, 1.807) is 24.3 Å². The zero-order valence-electron chi connectivity index (χ0n) is 17.3. The fourth-order valence-corrected chi connectivity index (χ4v) is 3.13. The lowest BCUT2D eigenvalue weighted by molar-refractivity contribution is 0.474. The molecule has 0 saturated heterocycles. The molecule has 0 unspecified atom stereocenters. The van der Waals surface area contributed by atoms with E-state index in [9.17, 15) is 10.2 Å². The molecular formula is C30H20O2. The van der Waals surface area contributed by atoms with Crippen LogP contribution in [-0.4, -0.2) is 10.2 Å². The first-order chi connectivity index (χ1) is 15.7. The summed E-state index contributed by atoms with van der Waals surface area (Å²) in [5.74, 6) is 13.4. The average molecular weight is 412 g/mol. The van der Waals surface area contributed by atoms with Crippen molar-refractivity contribution in [1.82, 2.24) is 0 Å². The van der Waals surface area contributed by atoms with Crippen LogP contribution in [0.5, 0.6) is 11.5 Å². The normalized spacial score (nSPS) is 10.8. The van der Waals surface area contributed by atoms with Gasteiger partial charge in [0, 0.05) is 22.3 Å². The van der Waals surface area contributed by atoms with E-state index in [0.29, 0.717) is 0 Å². The van der Waals surface area contributed by atoms with Gasteiger partial charge in [-0.3, -0.25) is 0 Å². The van der Waals surface area contributed by atoms with Crippen molar-refractivity contribution >= 4 is 11.1 Å². The van der Waals surface area contributed by atoms with Crippen LogP contribution in [0.1, 0.15) is 22.3 Å². The summed E-state index contributed by atoms with van der Waals surface area (Å²) in [5.41, 5.74) is 4.95. The summed E-state index contributed by atoms with van der Waals surface area (Å²) in [6.45, 7) is 0. The number of aromatic hydroxyl groups is 2. The molecule has 0 radical (unpaired) electrons. The van der Waals surface area contributed by atoms with Crippen molar-refractivity contribution in [3.05, 3.63) is 131 Å². The van der Waals surface area contributed by atoms with E-state index in [0.717, 1.165) is 33.4 Å². The summed E-state index contributed by atoms with van der Waals surface area (Å²) in [5, 5.41) is 19.6. The fourth-order valence-electron chi connectivity index (χ4n) is 3.13. The highest BCUT2D eigenvalue weighted by molar-refractivity contribution is 6.04. The molecule has 0 bridgehead atoms. The Bertz CT molecular complexity index is 1230. The van der Waals surface area contributed by atoms with Crippen LogP contribution in [0.15, 0.2) is 109 Å². The Balaban J connectivity index is 1.95. The Morgan fingerprint density at radius 2 is 0.781 bits per heavy atom. The monoisotopic (exact) mass is 412 g/mol. The van der Waals surface area contributed by atoms with E-state index in [-0.39, 0.29) is 11.5 Å². The maximum absolute atomic E-state index is 9.78. The number of allylic oxidation sites excluding steroid dienone is 2. The molecule has 0 amide bonds. The molecule has 152 valence electrons. The molecule has 0 spiro atoms. The van der Waals surface area contributed by atoms with Gasteiger partial charge in [-0.15, -0.1) is 0 Å². The van der Waals surface area contributed by atoms with Gasteiger partial charge in [0.1, 0.15) is 11.5 Å². The predicted molar refractivity (Wildman–Crippen MR) is 130 cm³/mol. The summed E-state index contributed by atoms with van der Waals surface area (Å²) < 4.78 is 0. The van der Waals surface area contributed by atoms with Gasteiger partial charge in [-0.25, -0.2) is 0 Å². The Labute approximate surface area is 188 Å². The second-order valence-electron chi connectivity index (χ2n) is 7.08. The van der Waals surface area contributed by atoms with Crippen molar-refractivity contribution in [2.24, 2.45) is 0 Å². The van der Waals surface area contributed by atoms with Crippen LogP contribution in [0.2, 0.25) is 0 Å². The summed E-state index contributed by atoms with van der Waals surface area (Å²) >= 11 is 0. The summed E-state index contributed by atoms with van der Waals surface area (Å²) in [6.07, 6.45) is 0. The molecule has 2 heteroatoms. The van der Waals surface area contributed by atoms with E-state index in [4.69, 9.17) is 0 Å². The Kier molecular flexibility index (Phi) is 6.37. The maximum atomic E-state index is 9.78. The molecule has 2 nitrogen and oxygen atoms in total. The highest BCUT2D eigenvalue weighted by atomic mass is 16.3. The zero-order valence-corrected chi connectivity index (χ0v) is 17.3. The lowest BCUT2D eigenvalue weighted by Crippen LogP contribution is -1.91. The van der Waals surface area contributed by atoms with Gasteiger partial charge < -0.3 is 10.2 Å². The Hall–Kier alpha value is -4.66. The number of phenolic OH excluding ortho intramolecular Hbond substituents is 2. The third-order valence-corrected chi connectivity index (χ3v) is 4.77. The van der Waals surface area contributed by atoms with E-state index in [1.165, 1.54) is 0 Å². The van der Waals surface area contributed by atoms with Gasteiger partial charge in [0.2, 0.25) is 0 Å². The van der Waals surface area contributed by atoms with Gasteiger partial charge in [0.15, 0.2) is 0 Å². The molecule has 0 saturated carbocycles. The van der Waals surface area contributed by atoms with Gasteiger partial charge >= 0.3 is 0 Å². The Morgan fingerprint density at radius 3 is 1.12 bits per heavy atom. The minimum atomic E-state index is 0.186. The molecule has 0 aliphatic rings. The van der Waals surface area contributed by atoms with Crippen LogP contribution in [-0.2, 0) is 0 Å². The molecular weight excluding hydrogens is 392 g/mol. The van der Waals surface area contributed by atoms with Gasteiger partial charge in [-0.1, -0.05) is 84.3 Å². The van der Waals surface area contributed by atoms with Gasteiger partial charge in [-0.05, 0) is 59.7 Å². The van der Waals surface area contributed by atoms with Crippen LogP contribution in [0, 0.1) is 23.7 Å². The molecule has 4 rings (SSSR count). The fraction of sp³-hybridized carbons (Fsp3) is 0. The molecule has 0 heterocycles. The highest BCUT2D eigenvalue weighted by Crippen LogP contribution is 2.28. The maximum Gasteiger partial charge on any atom is 0.115 e. The predicted octanol–water partition coefficient (Wildman–Crippen LogP) is 6.11. The van der Waals surface area contributed by atoms with Crippen LogP contribution < -0.4 is 0 Å². The van der Waals surface area contributed by atoms with Crippen molar-refractivity contribution in [3.8, 4) is 35.2 Å². The SMILES string of the molecule is Oc1ccc(/C(C#Cc2ccccc2)=C(/C#Cc2ccccc2)c2ccc(O)cc2)cc1. The van der Waals surface area contributed by atoms with Crippen LogP contribution in [0.25, 0.3) is 11.1 Å². The number of hydrogen-bond acceptors (Lipinski definition) is 2. The minimum Gasteiger partial charge on any atom is -0.508 e. The molecule has 0 aliphatic carbocycles. The van der Waals surface area contributed by atoms with Crippen molar-refractivity contribution < 1.29 is 10.2 Å². The van der Waals surface area contributed by atoms with E-state index in [1.807, 2.05) is 84.9 Å². The largest absolute Gasteiger partial charge is 0.508 e. The topological polar surface area (TPSA) is 40.5 Å². The standard InChI is InChI=1S/C30H20O2/c31-27-17-13-25(14-18-27)29(21-11-23-7-3-1-4-8-23)30(26-15-19-28(32)20-16-26)22-12-24-9-5-2-6-10-24/h1-10,13-20,31-32H/b30-29-. The Morgan fingerprint density at radius 1 is 0.438 bits per heavy atom. The first-order valence-electron chi connectivity index (χ1n) is 10.2. The number of rotatable bonds is 2. The molecule has 0 aromatic heterocycles. The lowest BCUT2D eigenvalue weighted by Gasteiger charge is -2.08. The third-order valence-electron chi connectivity index (χ3n) is 4.77. The van der Waals surface area contributed by atoms with E-state index < -0.39 is 0 Å². The molecule has 0 atom stereocenters. The second kappa shape index (κ2) is 9.90. The van der Waals surface area contributed by atoms with Crippen LogP contribution in [0.3, 0.4) is 0 Å². The molecule has 2 N–H and O–H groups in total. The van der Waals surface area contributed by atoms with Crippen molar-refractivity contribution in [1.29, 1.82) is 0 Å². The number of phenols is 2. The van der Waals surface area contributed by atoms with E-state index in [2.05, 4.69) is 23.7 Å². The number of hydrogen-bond donors (Lipinski definition) is 2. The van der Waals surface area contributed by atoms with Crippen LogP contribution >= 0.6 is 0 Å². The summed E-state index contributed by atoms with van der Waals surface area (Å²) in [7, 11) is 0. The molecule has 0 fully saturated rings. The zero-order chi connectivity index (χ0) is 22.2. The molecule has 0 aliphatic heterocycles. The van der Waals surface area contributed by atoms with Gasteiger partial charge in [-0.2, -0.15) is 0 Å². The smallest absolute Gasteiger partial charge is 0.115 e. The first-order valence-corrected chi connectivity index (χ1v) is 10.2. The van der Waals surface area contributed by atoms with E-state index >= 15 is 0 Å². The van der Waals surface area contributed by atoms with Gasteiger partial charge in [0.05, 0.1) is 0 Å². The third kappa shape index (κ3) is 5.28. The van der Waals surface area contributed by atoms with Crippen molar-refractivity contribution in [3.63, 3.8) is 0 Å². The van der Waals surface area contributed by atoms with Crippen molar-refractivity contribution in [2.75, 3.05) is 0 Å². The molecule has 4 aromatic rings. The first kappa shape index (κ1) is 20.6. The minimum absolute atomic E-state index is 0.186. The molecule has 4 aromatic carbocycles. The van der Waals surface area contributed by atoms with Crippen LogP contribution in [0.4, 0.5) is 0 Å². The van der Waals surface area contributed by atoms with Gasteiger partial charge in [0.25, 0.3) is 0 Å². The molecule has 32 heavy (non-hydrogen) atoms. The average Bonchev–Trinajstić information content (AvgIpc) is 2.84. The summed E-state index contributed by atoms with van der Waals surface area (Å²) in [6, 6.07) is 33.4. The lowest BCUT2D eigenvalue weighted by atomic mass is 9.94. The number of benzene rings is 4. The highest BCUT2D eigenvalue weighted by Gasteiger charge is 2.10.